The Morgan fingerprint density at radius 1 is 1.08 bits per heavy atom. The van der Waals surface area contributed by atoms with Crippen LogP contribution in [0.1, 0.15) is 16.7 Å². The van der Waals surface area contributed by atoms with Crippen LogP contribution < -0.4 is 0 Å². The highest BCUT2D eigenvalue weighted by Crippen LogP contribution is 2.32. The average molecular weight is 354 g/mol. The maximum absolute atomic E-state index is 13.0. The summed E-state index contributed by atoms with van der Waals surface area (Å²) < 4.78 is 64.8. The summed E-state index contributed by atoms with van der Waals surface area (Å²) in [5, 5.41) is 8.73. The summed E-state index contributed by atoms with van der Waals surface area (Å²) in [6.45, 7) is -0.419. The molecule has 0 saturated heterocycles. The van der Waals surface area contributed by atoms with Crippen molar-refractivity contribution in [1.82, 2.24) is 4.31 Å². The summed E-state index contributed by atoms with van der Waals surface area (Å²) in [5.74, 6) is 0. The van der Waals surface area contributed by atoms with Crippen molar-refractivity contribution in [2.45, 2.75) is 17.6 Å². The molecule has 0 atom stereocenters. The van der Waals surface area contributed by atoms with Crippen molar-refractivity contribution in [3.05, 3.63) is 65.2 Å². The van der Waals surface area contributed by atoms with Gasteiger partial charge in [-0.15, -0.1) is 0 Å². The summed E-state index contributed by atoms with van der Waals surface area (Å²) in [6, 6.07) is 11.9. The van der Waals surface area contributed by atoms with E-state index in [4.69, 9.17) is 5.26 Å². The van der Waals surface area contributed by atoms with E-state index in [0.29, 0.717) is 5.56 Å². The average Bonchev–Trinajstić information content (AvgIpc) is 2.54. The van der Waals surface area contributed by atoms with Crippen molar-refractivity contribution in [3.8, 4) is 6.07 Å². The van der Waals surface area contributed by atoms with Crippen molar-refractivity contribution in [3.63, 3.8) is 0 Å². The van der Waals surface area contributed by atoms with Crippen LogP contribution in [0.4, 0.5) is 13.2 Å². The van der Waals surface area contributed by atoms with Gasteiger partial charge >= 0.3 is 6.18 Å². The minimum atomic E-state index is -4.56. The van der Waals surface area contributed by atoms with Crippen LogP contribution in [0.2, 0.25) is 0 Å². The van der Waals surface area contributed by atoms with Gasteiger partial charge < -0.3 is 0 Å². The molecule has 8 heteroatoms. The highest BCUT2D eigenvalue weighted by atomic mass is 32.2. The second-order valence-corrected chi connectivity index (χ2v) is 7.10. The van der Waals surface area contributed by atoms with Gasteiger partial charge in [0, 0.05) is 13.6 Å². The molecule has 0 amide bonds. The van der Waals surface area contributed by atoms with Crippen molar-refractivity contribution >= 4 is 10.0 Å². The van der Waals surface area contributed by atoms with Gasteiger partial charge in [-0.3, -0.25) is 0 Å². The first-order valence-corrected chi connectivity index (χ1v) is 8.22. The van der Waals surface area contributed by atoms with Gasteiger partial charge in [-0.25, -0.2) is 8.42 Å². The Balaban J connectivity index is 2.32. The van der Waals surface area contributed by atoms with Crippen LogP contribution in [0.15, 0.2) is 53.4 Å². The lowest BCUT2D eigenvalue weighted by atomic mass is 10.1. The quantitative estimate of drug-likeness (QED) is 0.845. The molecule has 2 aromatic rings. The van der Waals surface area contributed by atoms with E-state index in [-0.39, 0.29) is 10.5 Å². The summed E-state index contributed by atoms with van der Waals surface area (Å²) in [6.07, 6.45) is -4.56. The normalized spacial score (nSPS) is 12.2. The summed E-state index contributed by atoms with van der Waals surface area (Å²) in [7, 11) is -2.76. The van der Waals surface area contributed by atoms with E-state index in [1.807, 2.05) is 6.07 Å². The Morgan fingerprint density at radius 3 is 2.21 bits per heavy atom. The summed E-state index contributed by atoms with van der Waals surface area (Å²) >= 11 is 0. The van der Waals surface area contributed by atoms with Gasteiger partial charge in [0.05, 0.1) is 22.1 Å². The number of nitrogens with zero attached hydrogens (tertiary/aromatic N) is 2. The lowest BCUT2D eigenvalue weighted by Gasteiger charge is -2.20. The minimum absolute atomic E-state index is 0.0894. The molecule has 0 aliphatic carbocycles. The third kappa shape index (κ3) is 3.75. The predicted octanol–water partition coefficient (Wildman–Crippen LogP) is 3.40. The lowest BCUT2D eigenvalue weighted by molar-refractivity contribution is -0.138. The SMILES string of the molecule is CN(Cc1ccccc1C(F)(F)F)S(=O)(=O)c1ccc(C#N)cc1. The number of nitriles is 1. The zero-order valence-corrected chi connectivity index (χ0v) is 13.4. The van der Waals surface area contributed by atoms with E-state index in [2.05, 4.69) is 0 Å². The zero-order chi connectivity index (χ0) is 18.0. The summed E-state index contributed by atoms with van der Waals surface area (Å²) in [5.41, 5.74) is -0.712. The van der Waals surface area contributed by atoms with Crippen LogP contribution in [-0.4, -0.2) is 19.8 Å². The number of benzene rings is 2. The van der Waals surface area contributed by atoms with Gasteiger partial charge in [0.25, 0.3) is 0 Å². The molecule has 24 heavy (non-hydrogen) atoms. The Kier molecular flexibility index (Phi) is 4.96. The molecule has 0 spiro atoms. The lowest BCUT2D eigenvalue weighted by Crippen LogP contribution is -2.27. The highest BCUT2D eigenvalue weighted by Gasteiger charge is 2.34. The highest BCUT2D eigenvalue weighted by molar-refractivity contribution is 7.89. The topological polar surface area (TPSA) is 61.2 Å². The molecule has 0 fully saturated rings. The molecule has 0 N–H and O–H groups in total. The molecule has 0 aliphatic rings. The van der Waals surface area contributed by atoms with Crippen molar-refractivity contribution in [2.75, 3.05) is 7.05 Å². The third-order valence-electron chi connectivity index (χ3n) is 3.41. The molecule has 2 rings (SSSR count). The van der Waals surface area contributed by atoms with Crippen LogP contribution in [0.5, 0.6) is 0 Å². The van der Waals surface area contributed by atoms with Crippen LogP contribution in [-0.2, 0) is 22.7 Å². The monoisotopic (exact) mass is 354 g/mol. The molecule has 0 heterocycles. The first-order chi connectivity index (χ1) is 11.2. The standard InChI is InChI=1S/C16H13F3N2O2S/c1-21(11-13-4-2-3-5-15(13)16(17,18)19)24(22,23)14-8-6-12(10-20)7-9-14/h2-9H,11H2,1H3. The molecule has 0 radical (unpaired) electrons. The molecule has 126 valence electrons. The van der Waals surface area contributed by atoms with E-state index < -0.39 is 28.3 Å². The molecule has 0 saturated carbocycles. The Hall–Kier alpha value is -2.37. The minimum Gasteiger partial charge on any atom is -0.207 e. The van der Waals surface area contributed by atoms with Crippen LogP contribution in [0, 0.1) is 11.3 Å². The predicted molar refractivity (Wildman–Crippen MR) is 81.3 cm³/mol. The first-order valence-electron chi connectivity index (χ1n) is 6.78. The van der Waals surface area contributed by atoms with Gasteiger partial charge in [0.2, 0.25) is 10.0 Å². The smallest absolute Gasteiger partial charge is 0.207 e. The van der Waals surface area contributed by atoms with Crippen molar-refractivity contribution < 1.29 is 21.6 Å². The van der Waals surface area contributed by atoms with Gasteiger partial charge in [0.1, 0.15) is 0 Å². The van der Waals surface area contributed by atoms with Crippen LogP contribution in [0.25, 0.3) is 0 Å². The number of rotatable bonds is 4. The van der Waals surface area contributed by atoms with E-state index in [9.17, 15) is 21.6 Å². The maximum Gasteiger partial charge on any atom is 0.416 e. The number of hydrogen-bond donors (Lipinski definition) is 0. The van der Waals surface area contributed by atoms with Crippen molar-refractivity contribution in [2.24, 2.45) is 0 Å². The fraction of sp³-hybridized carbons (Fsp3) is 0.188. The van der Waals surface area contributed by atoms with E-state index >= 15 is 0 Å². The number of sulfonamides is 1. The fourth-order valence-electron chi connectivity index (χ4n) is 2.14. The van der Waals surface area contributed by atoms with Crippen LogP contribution >= 0.6 is 0 Å². The van der Waals surface area contributed by atoms with E-state index in [0.717, 1.165) is 10.4 Å². The fourth-order valence-corrected chi connectivity index (χ4v) is 3.29. The zero-order valence-electron chi connectivity index (χ0n) is 12.6. The summed E-state index contributed by atoms with van der Waals surface area (Å²) in [4.78, 5) is -0.0894. The first kappa shape index (κ1) is 18.0. The van der Waals surface area contributed by atoms with E-state index in [1.165, 1.54) is 49.5 Å². The Bertz CT molecular complexity index is 869. The van der Waals surface area contributed by atoms with Gasteiger partial charge in [-0.1, -0.05) is 18.2 Å². The van der Waals surface area contributed by atoms with Gasteiger partial charge in [-0.2, -0.15) is 22.7 Å². The molecule has 0 bridgehead atoms. The number of halogens is 3. The Morgan fingerprint density at radius 2 is 1.67 bits per heavy atom. The van der Waals surface area contributed by atoms with E-state index in [1.54, 1.807) is 0 Å². The molecule has 0 unspecified atom stereocenters. The molecule has 4 nitrogen and oxygen atoms in total. The third-order valence-corrected chi connectivity index (χ3v) is 5.22. The second kappa shape index (κ2) is 6.63. The number of hydrogen-bond acceptors (Lipinski definition) is 3. The number of alkyl halides is 3. The maximum atomic E-state index is 13.0. The van der Waals surface area contributed by atoms with Crippen molar-refractivity contribution in [1.29, 1.82) is 5.26 Å². The Labute approximate surface area is 137 Å². The largest absolute Gasteiger partial charge is 0.416 e. The van der Waals surface area contributed by atoms with Gasteiger partial charge in [0.15, 0.2) is 0 Å². The second-order valence-electron chi connectivity index (χ2n) is 5.05. The van der Waals surface area contributed by atoms with Gasteiger partial charge in [-0.05, 0) is 35.9 Å². The molecule has 2 aromatic carbocycles. The molecule has 0 aromatic heterocycles. The molecule has 0 aliphatic heterocycles. The molecular formula is C16H13F3N2O2S. The van der Waals surface area contributed by atoms with Crippen LogP contribution in [0.3, 0.4) is 0 Å². The molecular weight excluding hydrogens is 341 g/mol.